The highest BCUT2D eigenvalue weighted by molar-refractivity contribution is 6.04. The molecule has 1 saturated heterocycles. The molecule has 1 aliphatic heterocycles. The maximum Gasteiger partial charge on any atom is 0.248 e. The smallest absolute Gasteiger partial charge is 0.248 e. The van der Waals surface area contributed by atoms with Crippen LogP contribution in [0.25, 0.3) is 28.4 Å². The van der Waals surface area contributed by atoms with E-state index in [9.17, 15) is 4.79 Å². The van der Waals surface area contributed by atoms with Gasteiger partial charge in [0.25, 0.3) is 0 Å². The van der Waals surface area contributed by atoms with Gasteiger partial charge in [-0.15, -0.1) is 12.4 Å². The Morgan fingerprint density at radius 1 is 0.971 bits per heavy atom. The van der Waals surface area contributed by atoms with Crippen molar-refractivity contribution in [2.75, 3.05) is 31.5 Å². The third kappa shape index (κ3) is 5.75. The molecule has 0 unspecified atom stereocenters. The number of hydrogen-bond acceptors (Lipinski definition) is 4. The van der Waals surface area contributed by atoms with Gasteiger partial charge in [0.15, 0.2) is 0 Å². The largest absolute Gasteiger partial charge is 0.456 e. The Hall–Kier alpha value is -3.38. The van der Waals surface area contributed by atoms with Crippen LogP contribution in [0, 0.1) is 0 Å². The van der Waals surface area contributed by atoms with Crippen LogP contribution in [0.5, 0.6) is 0 Å². The zero-order valence-electron chi connectivity index (χ0n) is 18.9. The molecule has 6 heteroatoms. The van der Waals surface area contributed by atoms with E-state index in [-0.39, 0.29) is 18.3 Å². The Kier molecular flexibility index (Phi) is 7.80. The summed E-state index contributed by atoms with van der Waals surface area (Å²) in [7, 11) is 0. The first-order valence-corrected chi connectivity index (χ1v) is 11.3. The summed E-state index contributed by atoms with van der Waals surface area (Å²) >= 11 is 0. The number of nitrogens with zero attached hydrogens (tertiary/aromatic N) is 1. The Bertz CT molecular complexity index is 1280. The molecule has 0 saturated carbocycles. The fraction of sp³-hybridized carbons (Fsp3) is 0.179. The Labute approximate surface area is 205 Å². The van der Waals surface area contributed by atoms with Crippen molar-refractivity contribution >= 4 is 41.0 Å². The number of para-hydroxylation sites is 1. The summed E-state index contributed by atoms with van der Waals surface area (Å²) in [6.07, 6.45) is 3.35. The molecule has 0 bridgehead atoms. The molecule has 1 amide bonds. The third-order valence-corrected chi connectivity index (χ3v) is 5.88. The molecule has 2 N–H and O–H groups in total. The third-order valence-electron chi connectivity index (χ3n) is 5.88. The molecule has 34 heavy (non-hydrogen) atoms. The number of nitrogens with one attached hydrogen (secondary N) is 2. The molecule has 3 aromatic carbocycles. The number of furan rings is 1. The quantitative estimate of drug-likeness (QED) is 0.359. The number of fused-ring (bicyclic) bond motifs is 1. The molecule has 0 aliphatic carbocycles. The van der Waals surface area contributed by atoms with E-state index in [1.165, 1.54) is 5.56 Å². The summed E-state index contributed by atoms with van der Waals surface area (Å²) in [6.45, 7) is 5.13. The van der Waals surface area contributed by atoms with E-state index in [1.54, 1.807) is 12.2 Å². The van der Waals surface area contributed by atoms with Gasteiger partial charge in [0.05, 0.1) is 5.69 Å². The maximum absolute atomic E-state index is 12.5. The van der Waals surface area contributed by atoms with Crippen LogP contribution < -0.4 is 10.6 Å². The van der Waals surface area contributed by atoms with Crippen molar-refractivity contribution in [3.8, 4) is 11.3 Å². The highest BCUT2D eigenvalue weighted by Gasteiger charge is 2.14. The van der Waals surface area contributed by atoms with Gasteiger partial charge in [0.2, 0.25) is 5.91 Å². The number of rotatable bonds is 6. The van der Waals surface area contributed by atoms with Crippen LogP contribution in [0.1, 0.15) is 11.1 Å². The summed E-state index contributed by atoms with van der Waals surface area (Å²) in [6, 6.07) is 26.0. The van der Waals surface area contributed by atoms with Crippen LogP contribution >= 0.6 is 12.4 Å². The predicted molar refractivity (Wildman–Crippen MR) is 141 cm³/mol. The Balaban J connectivity index is 0.00000274. The fourth-order valence-corrected chi connectivity index (χ4v) is 4.15. The van der Waals surface area contributed by atoms with Crippen LogP contribution in [-0.2, 0) is 11.3 Å². The number of carbonyl (C=O) groups excluding carboxylic acids is 1. The van der Waals surface area contributed by atoms with Gasteiger partial charge in [-0.3, -0.25) is 9.69 Å². The lowest BCUT2D eigenvalue weighted by atomic mass is 10.1. The van der Waals surface area contributed by atoms with Gasteiger partial charge < -0.3 is 15.1 Å². The first kappa shape index (κ1) is 23.8. The highest BCUT2D eigenvalue weighted by Crippen LogP contribution is 2.33. The van der Waals surface area contributed by atoms with E-state index in [0.717, 1.165) is 66.3 Å². The topological polar surface area (TPSA) is 57.5 Å². The molecule has 5 nitrogen and oxygen atoms in total. The number of amides is 1. The van der Waals surface area contributed by atoms with Gasteiger partial charge >= 0.3 is 0 Å². The molecule has 0 atom stereocenters. The standard InChI is InChI=1S/C28H27N3O2.ClH/c32-28(13-11-21-6-2-1-3-7-21)30-25-9-5-4-8-24(25)27-19-23-12-10-22(18-26(23)33-27)20-31-16-14-29-15-17-31;/h1-13,18-19,29H,14-17,20H2,(H,30,32);1H. The van der Waals surface area contributed by atoms with Crippen LogP contribution in [0.15, 0.2) is 89.4 Å². The minimum atomic E-state index is -0.180. The minimum absolute atomic E-state index is 0. The molecule has 0 spiro atoms. The molecule has 174 valence electrons. The Morgan fingerprint density at radius 3 is 2.56 bits per heavy atom. The summed E-state index contributed by atoms with van der Waals surface area (Å²) < 4.78 is 6.24. The van der Waals surface area contributed by atoms with Gasteiger partial charge in [-0.2, -0.15) is 0 Å². The monoisotopic (exact) mass is 473 g/mol. The fourth-order valence-electron chi connectivity index (χ4n) is 4.15. The molecule has 1 fully saturated rings. The second kappa shape index (κ2) is 11.2. The van der Waals surface area contributed by atoms with E-state index in [4.69, 9.17) is 4.42 Å². The van der Waals surface area contributed by atoms with Crippen molar-refractivity contribution in [3.05, 3.63) is 96.1 Å². The predicted octanol–water partition coefficient (Wildman–Crippen LogP) is 5.58. The number of halogens is 1. The van der Waals surface area contributed by atoms with E-state index < -0.39 is 0 Å². The van der Waals surface area contributed by atoms with Crippen molar-refractivity contribution < 1.29 is 9.21 Å². The van der Waals surface area contributed by atoms with E-state index >= 15 is 0 Å². The summed E-state index contributed by atoms with van der Waals surface area (Å²) in [5, 5.41) is 7.44. The van der Waals surface area contributed by atoms with Gasteiger partial charge in [-0.1, -0.05) is 54.6 Å². The van der Waals surface area contributed by atoms with Crippen LogP contribution in [0.3, 0.4) is 0 Å². The van der Waals surface area contributed by atoms with Crippen LogP contribution in [0.2, 0.25) is 0 Å². The zero-order chi connectivity index (χ0) is 22.5. The van der Waals surface area contributed by atoms with E-state index in [2.05, 4.69) is 33.7 Å². The number of hydrogen-bond donors (Lipinski definition) is 2. The summed E-state index contributed by atoms with van der Waals surface area (Å²) in [4.78, 5) is 15.0. The number of piperazine rings is 1. The highest BCUT2D eigenvalue weighted by atomic mass is 35.5. The molecule has 4 aromatic rings. The van der Waals surface area contributed by atoms with Crippen LogP contribution in [-0.4, -0.2) is 37.0 Å². The molecule has 5 rings (SSSR count). The molecule has 1 aliphatic rings. The lowest BCUT2D eigenvalue weighted by Gasteiger charge is -2.27. The number of benzene rings is 3. The molecule has 0 radical (unpaired) electrons. The van der Waals surface area contributed by atoms with Gasteiger partial charge in [-0.05, 0) is 41.5 Å². The zero-order valence-corrected chi connectivity index (χ0v) is 19.7. The van der Waals surface area contributed by atoms with Crippen molar-refractivity contribution in [3.63, 3.8) is 0 Å². The number of anilines is 1. The summed E-state index contributed by atoms with van der Waals surface area (Å²) in [5.41, 5.74) is 4.68. The molecule has 1 aromatic heterocycles. The lowest BCUT2D eigenvalue weighted by Crippen LogP contribution is -2.42. The lowest BCUT2D eigenvalue weighted by molar-refractivity contribution is -0.111. The second-order valence-corrected chi connectivity index (χ2v) is 8.29. The minimum Gasteiger partial charge on any atom is -0.456 e. The van der Waals surface area contributed by atoms with Crippen molar-refractivity contribution in [1.82, 2.24) is 10.2 Å². The summed E-state index contributed by atoms with van der Waals surface area (Å²) in [5.74, 6) is 0.563. The molecule has 2 heterocycles. The Morgan fingerprint density at radius 2 is 1.74 bits per heavy atom. The second-order valence-electron chi connectivity index (χ2n) is 8.29. The van der Waals surface area contributed by atoms with E-state index in [1.807, 2.05) is 60.7 Å². The molecular weight excluding hydrogens is 446 g/mol. The average molecular weight is 474 g/mol. The van der Waals surface area contributed by atoms with Gasteiger partial charge in [0.1, 0.15) is 11.3 Å². The van der Waals surface area contributed by atoms with Crippen molar-refractivity contribution in [2.45, 2.75) is 6.54 Å². The van der Waals surface area contributed by atoms with Crippen molar-refractivity contribution in [2.24, 2.45) is 0 Å². The van der Waals surface area contributed by atoms with Crippen LogP contribution in [0.4, 0.5) is 5.69 Å². The van der Waals surface area contributed by atoms with E-state index in [0.29, 0.717) is 0 Å². The van der Waals surface area contributed by atoms with Crippen molar-refractivity contribution in [1.29, 1.82) is 0 Å². The number of carbonyl (C=O) groups is 1. The molecular formula is C28H28ClN3O2. The average Bonchev–Trinajstić information content (AvgIpc) is 3.28. The van der Waals surface area contributed by atoms with Gasteiger partial charge in [-0.25, -0.2) is 0 Å². The maximum atomic E-state index is 12.5. The first-order chi connectivity index (χ1) is 16.2. The SMILES string of the molecule is Cl.O=C(C=Cc1ccccc1)Nc1ccccc1-c1cc2ccc(CN3CCNCC3)cc2o1. The normalized spacial score (nSPS) is 14.2. The first-order valence-electron chi connectivity index (χ1n) is 11.3. The van der Waals surface area contributed by atoms with Gasteiger partial charge in [0, 0.05) is 49.7 Å².